The van der Waals surface area contributed by atoms with Crippen LogP contribution in [0.25, 0.3) is 16.8 Å². The van der Waals surface area contributed by atoms with E-state index in [1.54, 1.807) is 17.8 Å². The molecule has 7 nitrogen and oxygen atoms in total. The van der Waals surface area contributed by atoms with Crippen molar-refractivity contribution in [3.8, 4) is 11.1 Å². The van der Waals surface area contributed by atoms with Gasteiger partial charge in [0.25, 0.3) is 5.91 Å². The van der Waals surface area contributed by atoms with Gasteiger partial charge in [-0.3, -0.25) is 4.79 Å². The Kier molecular flexibility index (Phi) is 6.22. The maximum Gasteiger partial charge on any atom is 0.257 e. The number of anilines is 1. The topological polar surface area (TPSA) is 63.0 Å². The second kappa shape index (κ2) is 9.44. The number of carbonyl (C=O) groups is 1. The molecule has 0 saturated carbocycles. The van der Waals surface area contributed by atoms with Crippen LogP contribution in [0.5, 0.6) is 0 Å². The van der Waals surface area contributed by atoms with E-state index in [2.05, 4.69) is 9.88 Å². The van der Waals surface area contributed by atoms with Crippen LogP contribution < -0.4 is 4.90 Å². The van der Waals surface area contributed by atoms with Crippen molar-refractivity contribution < 1.29 is 9.53 Å². The monoisotopic (exact) mass is 475 g/mol. The molecule has 1 aliphatic rings. The summed E-state index contributed by atoms with van der Waals surface area (Å²) in [5, 5.41) is 5.46. The highest BCUT2D eigenvalue weighted by molar-refractivity contribution is 6.33. The fraction of sp³-hybridized carbons (Fsp3) is 0.269. The van der Waals surface area contributed by atoms with E-state index in [1.807, 2.05) is 66.4 Å². The van der Waals surface area contributed by atoms with Gasteiger partial charge in [-0.2, -0.15) is 5.10 Å². The molecule has 0 radical (unpaired) electrons. The summed E-state index contributed by atoms with van der Waals surface area (Å²) in [6.45, 7) is 4.84. The zero-order valence-corrected chi connectivity index (χ0v) is 20.0. The van der Waals surface area contributed by atoms with Gasteiger partial charge in [0.2, 0.25) is 0 Å². The molecule has 1 saturated heterocycles. The number of para-hydroxylation sites is 1. The van der Waals surface area contributed by atoms with E-state index in [9.17, 15) is 4.79 Å². The first-order chi connectivity index (χ1) is 16.6. The summed E-state index contributed by atoms with van der Waals surface area (Å²) >= 11 is 6.37. The van der Waals surface area contributed by atoms with E-state index in [4.69, 9.17) is 21.4 Å². The first kappa shape index (κ1) is 22.4. The molecule has 0 aliphatic carbocycles. The SMILES string of the molecule is COCc1c(C(=O)N2CCN(c3ccccc3Cl)CC2)cnc2c(-c3ccccc3)c(C)nn12. The number of piperazine rings is 1. The summed E-state index contributed by atoms with van der Waals surface area (Å²) < 4.78 is 7.23. The number of aromatic nitrogens is 3. The summed E-state index contributed by atoms with van der Waals surface area (Å²) in [6.07, 6.45) is 1.67. The Morgan fingerprint density at radius 2 is 1.74 bits per heavy atom. The molecule has 3 heterocycles. The third kappa shape index (κ3) is 4.02. The molecule has 0 spiro atoms. The molecule has 2 aromatic heterocycles. The van der Waals surface area contributed by atoms with Gasteiger partial charge in [-0.05, 0) is 24.6 Å². The summed E-state index contributed by atoms with van der Waals surface area (Å²) in [6, 6.07) is 17.9. The van der Waals surface area contributed by atoms with Crippen molar-refractivity contribution in [2.75, 3.05) is 38.2 Å². The number of nitrogens with zero attached hydrogens (tertiary/aromatic N) is 5. The van der Waals surface area contributed by atoms with Gasteiger partial charge in [0.05, 0.1) is 34.3 Å². The van der Waals surface area contributed by atoms with Crippen LogP contribution in [0, 0.1) is 6.92 Å². The molecule has 1 fully saturated rings. The molecule has 2 aromatic carbocycles. The minimum Gasteiger partial charge on any atom is -0.378 e. The van der Waals surface area contributed by atoms with Gasteiger partial charge in [-0.1, -0.05) is 54.1 Å². The maximum absolute atomic E-state index is 13.6. The van der Waals surface area contributed by atoms with Crippen molar-refractivity contribution in [1.29, 1.82) is 0 Å². The molecule has 0 N–H and O–H groups in total. The molecule has 8 heteroatoms. The number of benzene rings is 2. The second-order valence-electron chi connectivity index (χ2n) is 8.34. The molecule has 4 aromatic rings. The van der Waals surface area contributed by atoms with E-state index < -0.39 is 0 Å². The number of hydrogen-bond donors (Lipinski definition) is 0. The number of methoxy groups -OCH3 is 1. The lowest BCUT2D eigenvalue weighted by molar-refractivity contribution is 0.0739. The average Bonchev–Trinajstić information content (AvgIpc) is 3.21. The summed E-state index contributed by atoms with van der Waals surface area (Å²) in [4.78, 5) is 22.3. The molecule has 1 amide bonds. The molecule has 174 valence electrons. The largest absolute Gasteiger partial charge is 0.378 e. The number of ether oxygens (including phenoxy) is 1. The lowest BCUT2D eigenvalue weighted by atomic mass is 10.1. The highest BCUT2D eigenvalue weighted by Gasteiger charge is 2.27. The van der Waals surface area contributed by atoms with Crippen LogP contribution in [-0.2, 0) is 11.3 Å². The number of fused-ring (bicyclic) bond motifs is 1. The fourth-order valence-corrected chi connectivity index (χ4v) is 4.82. The quantitative estimate of drug-likeness (QED) is 0.426. The van der Waals surface area contributed by atoms with Crippen molar-refractivity contribution in [3.05, 3.63) is 82.8 Å². The molecular weight excluding hydrogens is 450 g/mol. The van der Waals surface area contributed by atoms with Crippen LogP contribution in [0.4, 0.5) is 5.69 Å². The summed E-state index contributed by atoms with van der Waals surface area (Å²) in [7, 11) is 1.62. The van der Waals surface area contributed by atoms with Crippen molar-refractivity contribution >= 4 is 28.8 Å². The van der Waals surface area contributed by atoms with Crippen molar-refractivity contribution in [1.82, 2.24) is 19.5 Å². The first-order valence-corrected chi connectivity index (χ1v) is 11.7. The highest BCUT2D eigenvalue weighted by atomic mass is 35.5. The van der Waals surface area contributed by atoms with Gasteiger partial charge in [0, 0.05) is 45.0 Å². The summed E-state index contributed by atoms with van der Waals surface area (Å²) in [5.74, 6) is -0.0605. The lowest BCUT2D eigenvalue weighted by Gasteiger charge is -2.36. The van der Waals surface area contributed by atoms with E-state index in [-0.39, 0.29) is 12.5 Å². The van der Waals surface area contributed by atoms with Crippen LogP contribution in [0.15, 0.2) is 60.8 Å². The molecule has 0 atom stereocenters. The fourth-order valence-electron chi connectivity index (χ4n) is 4.56. The minimum atomic E-state index is -0.0605. The Balaban J connectivity index is 1.45. The van der Waals surface area contributed by atoms with Crippen LogP contribution in [0.3, 0.4) is 0 Å². The van der Waals surface area contributed by atoms with E-state index >= 15 is 0 Å². The Bertz CT molecular complexity index is 1330. The standard InChI is InChI=1S/C26H26ClN5O2/c1-18-24(19-8-4-3-5-9-19)25-28-16-20(23(17-34-2)32(25)29-18)26(33)31-14-12-30(13-15-31)22-11-7-6-10-21(22)27/h3-11,16H,12-15,17H2,1-2H3. The average molecular weight is 476 g/mol. The normalized spacial score (nSPS) is 14.1. The predicted molar refractivity (Wildman–Crippen MR) is 133 cm³/mol. The van der Waals surface area contributed by atoms with Crippen LogP contribution >= 0.6 is 11.6 Å². The van der Waals surface area contributed by atoms with Gasteiger partial charge in [-0.15, -0.1) is 0 Å². The summed E-state index contributed by atoms with van der Waals surface area (Å²) in [5.41, 5.74) is 5.80. The maximum atomic E-state index is 13.6. The van der Waals surface area contributed by atoms with Gasteiger partial charge < -0.3 is 14.5 Å². The number of aryl methyl sites for hydroxylation is 1. The van der Waals surface area contributed by atoms with E-state index in [0.717, 1.165) is 33.2 Å². The molecule has 5 rings (SSSR count). The third-order valence-corrected chi connectivity index (χ3v) is 6.57. The van der Waals surface area contributed by atoms with Crippen LogP contribution in [0.1, 0.15) is 21.7 Å². The molecule has 0 bridgehead atoms. The Hall–Kier alpha value is -3.42. The first-order valence-electron chi connectivity index (χ1n) is 11.3. The van der Waals surface area contributed by atoms with Crippen molar-refractivity contribution in [2.45, 2.75) is 13.5 Å². The lowest BCUT2D eigenvalue weighted by Crippen LogP contribution is -2.49. The zero-order valence-electron chi connectivity index (χ0n) is 19.2. The smallest absolute Gasteiger partial charge is 0.257 e. The second-order valence-corrected chi connectivity index (χ2v) is 8.75. The number of hydrogen-bond acceptors (Lipinski definition) is 5. The molecular formula is C26H26ClN5O2. The Morgan fingerprint density at radius 1 is 1.03 bits per heavy atom. The molecule has 0 unspecified atom stereocenters. The highest BCUT2D eigenvalue weighted by Crippen LogP contribution is 2.29. The van der Waals surface area contributed by atoms with Crippen LogP contribution in [0.2, 0.25) is 5.02 Å². The van der Waals surface area contributed by atoms with Crippen molar-refractivity contribution in [3.63, 3.8) is 0 Å². The van der Waals surface area contributed by atoms with Gasteiger partial charge in [0.15, 0.2) is 5.65 Å². The van der Waals surface area contributed by atoms with Gasteiger partial charge >= 0.3 is 0 Å². The van der Waals surface area contributed by atoms with Crippen LogP contribution in [-0.4, -0.2) is 58.7 Å². The van der Waals surface area contributed by atoms with Gasteiger partial charge in [-0.25, -0.2) is 9.50 Å². The minimum absolute atomic E-state index is 0.0605. The van der Waals surface area contributed by atoms with E-state index in [1.165, 1.54) is 0 Å². The molecule has 34 heavy (non-hydrogen) atoms. The number of carbonyl (C=O) groups excluding carboxylic acids is 1. The zero-order chi connectivity index (χ0) is 23.7. The Labute approximate surface area is 203 Å². The predicted octanol–water partition coefficient (Wildman–Crippen LogP) is 4.47. The van der Waals surface area contributed by atoms with E-state index in [0.29, 0.717) is 37.4 Å². The number of rotatable bonds is 5. The third-order valence-electron chi connectivity index (χ3n) is 6.25. The number of amides is 1. The van der Waals surface area contributed by atoms with Gasteiger partial charge in [0.1, 0.15) is 0 Å². The Morgan fingerprint density at radius 3 is 2.44 bits per heavy atom. The van der Waals surface area contributed by atoms with Crippen molar-refractivity contribution in [2.24, 2.45) is 0 Å². The number of halogens is 1. The molecule has 1 aliphatic heterocycles.